The number of nitriles is 1. The lowest BCUT2D eigenvalue weighted by molar-refractivity contribution is 0.111. The van der Waals surface area contributed by atoms with Gasteiger partial charge >= 0.3 is 0 Å². The molecule has 0 aliphatic heterocycles. The van der Waals surface area contributed by atoms with E-state index in [4.69, 9.17) is 0 Å². The van der Waals surface area contributed by atoms with Gasteiger partial charge in [-0.25, -0.2) is 0 Å². The summed E-state index contributed by atoms with van der Waals surface area (Å²) in [5.74, 6) is 0. The molecule has 1 unspecified atom stereocenters. The third-order valence-corrected chi connectivity index (χ3v) is 5.75. The molecule has 3 heteroatoms. The van der Waals surface area contributed by atoms with Gasteiger partial charge in [0, 0.05) is 6.20 Å². The summed E-state index contributed by atoms with van der Waals surface area (Å²) in [6, 6.07) is 5.73. The zero-order chi connectivity index (χ0) is 20.3. The van der Waals surface area contributed by atoms with Gasteiger partial charge in [-0.1, -0.05) is 110 Å². The van der Waals surface area contributed by atoms with Gasteiger partial charge < -0.3 is 4.57 Å². The molecule has 0 fully saturated rings. The van der Waals surface area contributed by atoms with E-state index in [1.54, 1.807) is 10.6 Å². The van der Waals surface area contributed by atoms with Crippen LogP contribution >= 0.6 is 0 Å². The topological polar surface area (TPSA) is 45.8 Å². The van der Waals surface area contributed by atoms with Crippen molar-refractivity contribution in [1.29, 1.82) is 5.26 Å². The third-order valence-electron chi connectivity index (χ3n) is 5.75. The van der Waals surface area contributed by atoms with Crippen molar-refractivity contribution in [3.63, 3.8) is 0 Å². The lowest BCUT2D eigenvalue weighted by atomic mass is 10.0. The number of unbranched alkanes of at least 4 members (excludes halogenated alkanes) is 15. The molecule has 1 rings (SSSR count). The van der Waals surface area contributed by atoms with Gasteiger partial charge in [0.05, 0.1) is 11.8 Å². The fourth-order valence-corrected chi connectivity index (χ4v) is 3.94. The summed E-state index contributed by atoms with van der Waals surface area (Å²) < 4.78 is 1.80. The van der Waals surface area contributed by atoms with Crippen LogP contribution in [0.1, 0.15) is 133 Å². The summed E-state index contributed by atoms with van der Waals surface area (Å²) >= 11 is 0. The van der Waals surface area contributed by atoms with Crippen molar-refractivity contribution in [1.82, 2.24) is 4.57 Å². The average Bonchev–Trinajstić information content (AvgIpc) is 3.19. The molecule has 0 aromatic carbocycles. The fourth-order valence-electron chi connectivity index (χ4n) is 3.94. The summed E-state index contributed by atoms with van der Waals surface area (Å²) in [5.41, 5.74) is 0.600. The Morgan fingerprint density at radius 1 is 0.857 bits per heavy atom. The highest BCUT2D eigenvalue weighted by molar-refractivity contribution is 5.72. The molecular weight excluding hydrogens is 344 g/mol. The molecule has 0 aliphatic carbocycles. The standard InChI is InChI=1S/C25H42N2O/c1-2-3-4-5-6-7-8-9-10-11-12-13-14-15-16-17-19-24(22-26)27-21-18-20-25(27)23-28/h18,20-21,23-24H,2-17,19H2,1H3. The minimum atomic E-state index is -0.207. The Balaban J connectivity index is 1.88. The molecule has 0 radical (unpaired) electrons. The fraction of sp³-hybridized carbons (Fsp3) is 0.760. The van der Waals surface area contributed by atoms with Gasteiger partial charge in [0.2, 0.25) is 0 Å². The van der Waals surface area contributed by atoms with Gasteiger partial charge in [-0.15, -0.1) is 0 Å². The zero-order valence-electron chi connectivity index (χ0n) is 18.2. The van der Waals surface area contributed by atoms with E-state index in [1.807, 2.05) is 12.3 Å². The number of aldehydes is 1. The SMILES string of the molecule is CCCCCCCCCCCCCCCCCCC(C#N)n1cccc1C=O. The van der Waals surface area contributed by atoms with Crippen LogP contribution in [0.4, 0.5) is 0 Å². The van der Waals surface area contributed by atoms with Gasteiger partial charge in [0.1, 0.15) is 6.04 Å². The molecular formula is C25H42N2O. The Kier molecular flexibility index (Phi) is 15.3. The lowest BCUT2D eigenvalue weighted by Gasteiger charge is -2.12. The van der Waals surface area contributed by atoms with Gasteiger partial charge in [-0.2, -0.15) is 5.26 Å². The molecule has 158 valence electrons. The predicted octanol–water partition coefficient (Wildman–Crippen LogP) is 8.02. The number of hydrogen-bond donors (Lipinski definition) is 0. The van der Waals surface area contributed by atoms with Crippen LogP contribution in [0.25, 0.3) is 0 Å². The smallest absolute Gasteiger partial charge is 0.166 e. The maximum absolute atomic E-state index is 11.0. The van der Waals surface area contributed by atoms with Crippen molar-refractivity contribution < 1.29 is 4.79 Å². The van der Waals surface area contributed by atoms with Crippen LogP contribution in [0.2, 0.25) is 0 Å². The van der Waals surface area contributed by atoms with Crippen molar-refractivity contribution in [3.05, 3.63) is 24.0 Å². The van der Waals surface area contributed by atoms with Crippen LogP contribution in [0.5, 0.6) is 0 Å². The lowest BCUT2D eigenvalue weighted by Crippen LogP contribution is -2.08. The normalized spacial score (nSPS) is 12.0. The van der Waals surface area contributed by atoms with E-state index >= 15 is 0 Å². The number of aromatic nitrogens is 1. The molecule has 0 amide bonds. The first kappa shape index (κ1) is 24.5. The van der Waals surface area contributed by atoms with E-state index < -0.39 is 0 Å². The molecule has 1 aromatic heterocycles. The average molecular weight is 387 g/mol. The first-order chi connectivity index (χ1) is 13.8. The molecule has 1 aromatic rings. The quantitative estimate of drug-likeness (QED) is 0.178. The van der Waals surface area contributed by atoms with Crippen LogP contribution in [-0.2, 0) is 0 Å². The van der Waals surface area contributed by atoms with E-state index in [0.29, 0.717) is 5.69 Å². The van der Waals surface area contributed by atoms with Crippen molar-refractivity contribution in [2.45, 2.75) is 122 Å². The molecule has 0 saturated carbocycles. The highest BCUT2D eigenvalue weighted by Crippen LogP contribution is 2.19. The molecule has 0 bridgehead atoms. The maximum Gasteiger partial charge on any atom is 0.166 e. The van der Waals surface area contributed by atoms with Gasteiger partial charge in [0.15, 0.2) is 6.29 Å². The largest absolute Gasteiger partial charge is 0.329 e. The van der Waals surface area contributed by atoms with Crippen molar-refractivity contribution >= 4 is 6.29 Å². The van der Waals surface area contributed by atoms with Crippen LogP contribution in [-0.4, -0.2) is 10.9 Å². The highest BCUT2D eigenvalue weighted by Gasteiger charge is 2.11. The first-order valence-electron chi connectivity index (χ1n) is 11.8. The van der Waals surface area contributed by atoms with Gasteiger partial charge in [0.25, 0.3) is 0 Å². The zero-order valence-corrected chi connectivity index (χ0v) is 18.2. The van der Waals surface area contributed by atoms with Crippen LogP contribution in [0.3, 0.4) is 0 Å². The Labute approximate surface area is 173 Å². The minimum Gasteiger partial charge on any atom is -0.329 e. The summed E-state index contributed by atoms with van der Waals surface area (Å²) in [7, 11) is 0. The highest BCUT2D eigenvalue weighted by atomic mass is 16.1. The maximum atomic E-state index is 11.0. The molecule has 1 heterocycles. The van der Waals surface area contributed by atoms with E-state index in [9.17, 15) is 10.1 Å². The number of carbonyl (C=O) groups is 1. The number of nitrogens with zero attached hydrogens (tertiary/aromatic N) is 2. The Morgan fingerprint density at radius 2 is 1.32 bits per heavy atom. The molecule has 0 saturated heterocycles. The summed E-state index contributed by atoms with van der Waals surface area (Å²) in [6.45, 7) is 2.28. The summed E-state index contributed by atoms with van der Waals surface area (Å²) in [4.78, 5) is 11.0. The third kappa shape index (κ3) is 11.3. The molecule has 1 atom stereocenters. The summed E-state index contributed by atoms with van der Waals surface area (Å²) in [5, 5.41) is 9.36. The second-order valence-electron chi connectivity index (χ2n) is 8.20. The molecule has 3 nitrogen and oxygen atoms in total. The molecule has 0 spiro atoms. The monoisotopic (exact) mass is 386 g/mol. The van der Waals surface area contributed by atoms with Crippen molar-refractivity contribution in [2.75, 3.05) is 0 Å². The number of rotatable bonds is 19. The van der Waals surface area contributed by atoms with Crippen LogP contribution in [0, 0.1) is 11.3 Å². The summed E-state index contributed by atoms with van der Waals surface area (Å²) in [6.07, 6.45) is 25.2. The Hall–Kier alpha value is -1.56. The molecule has 0 N–H and O–H groups in total. The second-order valence-corrected chi connectivity index (χ2v) is 8.20. The molecule has 0 aliphatic rings. The van der Waals surface area contributed by atoms with Gasteiger partial charge in [-0.05, 0) is 18.6 Å². The molecule has 28 heavy (non-hydrogen) atoms. The predicted molar refractivity (Wildman–Crippen MR) is 119 cm³/mol. The van der Waals surface area contributed by atoms with Crippen molar-refractivity contribution in [3.8, 4) is 6.07 Å². The first-order valence-corrected chi connectivity index (χ1v) is 11.8. The number of hydrogen-bond acceptors (Lipinski definition) is 2. The Morgan fingerprint density at radius 3 is 1.75 bits per heavy atom. The van der Waals surface area contributed by atoms with E-state index in [2.05, 4.69) is 13.0 Å². The minimum absolute atomic E-state index is 0.207. The van der Waals surface area contributed by atoms with Crippen LogP contribution < -0.4 is 0 Å². The number of carbonyl (C=O) groups excluding carboxylic acids is 1. The van der Waals surface area contributed by atoms with Crippen LogP contribution in [0.15, 0.2) is 18.3 Å². The Bertz CT molecular complexity index is 529. The second kappa shape index (κ2) is 17.5. The van der Waals surface area contributed by atoms with E-state index in [-0.39, 0.29) is 6.04 Å². The van der Waals surface area contributed by atoms with E-state index in [1.165, 1.54) is 96.3 Å². The van der Waals surface area contributed by atoms with Gasteiger partial charge in [-0.3, -0.25) is 4.79 Å². The van der Waals surface area contributed by atoms with Crippen molar-refractivity contribution in [2.24, 2.45) is 0 Å². The van der Waals surface area contributed by atoms with E-state index in [0.717, 1.165) is 19.1 Å².